The first-order chi connectivity index (χ1) is 13.1. The molecule has 2 N–H and O–H groups in total. The first-order valence-corrected chi connectivity index (χ1v) is 10.2. The van der Waals surface area contributed by atoms with Crippen LogP contribution >= 0.6 is 0 Å². The van der Waals surface area contributed by atoms with Crippen LogP contribution in [-0.4, -0.2) is 60.6 Å². The van der Waals surface area contributed by atoms with Crippen molar-refractivity contribution in [3.05, 3.63) is 29.8 Å². The van der Waals surface area contributed by atoms with Crippen LogP contribution in [0.3, 0.4) is 0 Å². The number of phenols is 1. The van der Waals surface area contributed by atoms with Crippen LogP contribution in [0.4, 0.5) is 0 Å². The number of hydrogen-bond donors (Lipinski definition) is 2. The fourth-order valence-electron chi connectivity index (χ4n) is 4.63. The fraction of sp³-hybridized carbons (Fsp3) is 0.667. The van der Waals surface area contributed by atoms with Gasteiger partial charge in [0.1, 0.15) is 5.75 Å². The highest BCUT2D eigenvalue weighted by molar-refractivity contribution is 5.78. The maximum Gasteiger partial charge on any atom is 0.234 e. The quantitative estimate of drug-likeness (QED) is 0.847. The molecule has 0 radical (unpaired) electrons. The lowest BCUT2D eigenvalue weighted by atomic mass is 9.89. The van der Waals surface area contributed by atoms with Crippen LogP contribution in [0.15, 0.2) is 24.3 Å². The number of nitrogens with one attached hydrogen (secondary N) is 1. The van der Waals surface area contributed by atoms with Gasteiger partial charge in [-0.3, -0.25) is 9.69 Å². The number of aromatic hydroxyl groups is 1. The normalized spacial score (nSPS) is 24.3. The van der Waals surface area contributed by atoms with Gasteiger partial charge in [0.15, 0.2) is 5.79 Å². The van der Waals surface area contributed by atoms with E-state index in [2.05, 4.69) is 10.2 Å². The molecule has 1 aromatic rings. The molecule has 4 rings (SSSR count). The molecule has 27 heavy (non-hydrogen) atoms. The Bertz CT molecular complexity index is 624. The number of nitrogens with zero attached hydrogens (tertiary/aromatic N) is 1. The summed E-state index contributed by atoms with van der Waals surface area (Å²) in [5.74, 6) is 0.600. The molecule has 148 valence electrons. The lowest BCUT2D eigenvalue weighted by Gasteiger charge is -2.36. The van der Waals surface area contributed by atoms with E-state index < -0.39 is 0 Å². The zero-order valence-corrected chi connectivity index (χ0v) is 15.9. The van der Waals surface area contributed by atoms with E-state index in [1.54, 1.807) is 12.1 Å². The number of benzene rings is 1. The van der Waals surface area contributed by atoms with Crippen molar-refractivity contribution < 1.29 is 19.4 Å². The summed E-state index contributed by atoms with van der Waals surface area (Å²) in [4.78, 5) is 14.7. The van der Waals surface area contributed by atoms with Crippen LogP contribution in [0.2, 0.25) is 0 Å². The molecule has 3 fully saturated rings. The molecule has 1 saturated carbocycles. The van der Waals surface area contributed by atoms with E-state index in [0.717, 1.165) is 51.6 Å². The average molecular weight is 374 g/mol. The smallest absolute Gasteiger partial charge is 0.234 e. The fourth-order valence-corrected chi connectivity index (χ4v) is 4.63. The second kappa shape index (κ2) is 8.17. The molecule has 0 unspecified atom stereocenters. The highest BCUT2D eigenvalue weighted by Gasteiger charge is 2.40. The van der Waals surface area contributed by atoms with Crippen LogP contribution in [0.25, 0.3) is 0 Å². The summed E-state index contributed by atoms with van der Waals surface area (Å²) in [5, 5.41) is 12.6. The third-order valence-electron chi connectivity index (χ3n) is 6.25. The number of amides is 1. The van der Waals surface area contributed by atoms with Crippen molar-refractivity contribution in [2.24, 2.45) is 0 Å². The predicted molar refractivity (Wildman–Crippen MR) is 102 cm³/mol. The molecule has 1 aliphatic carbocycles. The molecule has 0 atom stereocenters. The first-order valence-electron chi connectivity index (χ1n) is 10.2. The first kappa shape index (κ1) is 18.7. The second-order valence-electron chi connectivity index (χ2n) is 8.09. The average Bonchev–Trinajstić information content (AvgIpc) is 3.13. The highest BCUT2D eigenvalue weighted by atomic mass is 16.7. The molecule has 0 bridgehead atoms. The number of hydrogen-bond acceptors (Lipinski definition) is 5. The molecule has 2 aliphatic heterocycles. The summed E-state index contributed by atoms with van der Waals surface area (Å²) in [6.07, 6.45) is 5.70. The number of rotatable bonds is 4. The summed E-state index contributed by atoms with van der Waals surface area (Å²) < 4.78 is 11.5. The number of phenolic OH excluding ortho intramolecular Hbond substituents is 1. The molecule has 2 heterocycles. The van der Waals surface area contributed by atoms with Crippen LogP contribution in [0.5, 0.6) is 5.75 Å². The zero-order valence-electron chi connectivity index (χ0n) is 15.9. The van der Waals surface area contributed by atoms with Crippen LogP contribution < -0.4 is 5.32 Å². The van der Waals surface area contributed by atoms with Gasteiger partial charge in [-0.05, 0) is 62.4 Å². The third-order valence-corrected chi connectivity index (χ3v) is 6.25. The highest BCUT2D eigenvalue weighted by Crippen LogP contribution is 2.35. The Labute approximate surface area is 160 Å². The molecular weight excluding hydrogens is 344 g/mol. The van der Waals surface area contributed by atoms with E-state index >= 15 is 0 Å². The van der Waals surface area contributed by atoms with Gasteiger partial charge in [0.25, 0.3) is 0 Å². The van der Waals surface area contributed by atoms with E-state index in [1.165, 1.54) is 5.56 Å². The molecule has 3 aliphatic rings. The molecule has 6 heteroatoms. The monoisotopic (exact) mass is 374 g/mol. The Balaban J connectivity index is 1.18. The maximum absolute atomic E-state index is 12.4. The van der Waals surface area contributed by atoms with Crippen LogP contribution in [-0.2, 0) is 14.3 Å². The summed E-state index contributed by atoms with van der Waals surface area (Å²) in [6.45, 7) is 3.74. The van der Waals surface area contributed by atoms with Gasteiger partial charge < -0.3 is 19.9 Å². The molecular formula is C21H30N2O4. The van der Waals surface area contributed by atoms with Crippen molar-refractivity contribution in [3.8, 4) is 5.75 Å². The Kier molecular flexibility index (Phi) is 5.66. The van der Waals surface area contributed by atoms with Gasteiger partial charge in [0, 0.05) is 18.9 Å². The van der Waals surface area contributed by atoms with Gasteiger partial charge in [0.05, 0.1) is 19.8 Å². The predicted octanol–water partition coefficient (Wildman–Crippen LogP) is 2.37. The van der Waals surface area contributed by atoms with Gasteiger partial charge >= 0.3 is 0 Å². The van der Waals surface area contributed by atoms with Crippen molar-refractivity contribution in [2.75, 3.05) is 32.8 Å². The minimum Gasteiger partial charge on any atom is -0.508 e. The van der Waals surface area contributed by atoms with Gasteiger partial charge in [-0.2, -0.15) is 0 Å². The van der Waals surface area contributed by atoms with E-state index in [-0.39, 0.29) is 17.7 Å². The third kappa shape index (κ3) is 4.62. The number of carbonyl (C=O) groups excluding carboxylic acids is 1. The summed E-state index contributed by atoms with van der Waals surface area (Å²) in [6, 6.07) is 7.77. The van der Waals surface area contributed by atoms with Crippen molar-refractivity contribution in [1.82, 2.24) is 10.2 Å². The Morgan fingerprint density at radius 2 is 1.70 bits per heavy atom. The van der Waals surface area contributed by atoms with Crippen LogP contribution in [0.1, 0.15) is 50.0 Å². The Morgan fingerprint density at radius 1 is 1.07 bits per heavy atom. The van der Waals surface area contributed by atoms with Crippen molar-refractivity contribution in [2.45, 2.75) is 56.3 Å². The maximum atomic E-state index is 12.4. The van der Waals surface area contributed by atoms with Crippen molar-refractivity contribution >= 4 is 5.91 Å². The van der Waals surface area contributed by atoms with Crippen molar-refractivity contribution in [1.29, 1.82) is 0 Å². The summed E-state index contributed by atoms with van der Waals surface area (Å²) >= 11 is 0. The molecule has 6 nitrogen and oxygen atoms in total. The van der Waals surface area contributed by atoms with Crippen molar-refractivity contribution in [3.63, 3.8) is 0 Å². The lowest BCUT2D eigenvalue weighted by molar-refractivity contribution is -0.180. The molecule has 1 amide bonds. The Morgan fingerprint density at radius 3 is 2.33 bits per heavy atom. The minimum absolute atomic E-state index is 0.132. The minimum atomic E-state index is -0.364. The van der Waals surface area contributed by atoms with E-state index in [0.29, 0.717) is 31.4 Å². The largest absolute Gasteiger partial charge is 0.508 e. The van der Waals surface area contributed by atoms with E-state index in [1.807, 2.05) is 12.1 Å². The SMILES string of the molecule is O=C(CN1CCC(c2ccc(O)cc2)CC1)NC1CCC2(CC1)OCCO2. The standard InChI is InChI=1S/C21H30N2O4/c24-19-3-1-16(2-4-19)17-7-11-23(12-8-17)15-20(25)22-18-5-9-21(10-6-18)26-13-14-27-21/h1-4,17-18,24H,5-15H2,(H,22,25). The summed E-state index contributed by atoms with van der Waals surface area (Å²) in [5.41, 5.74) is 1.28. The molecule has 0 aromatic heterocycles. The van der Waals surface area contributed by atoms with Gasteiger partial charge in [-0.25, -0.2) is 0 Å². The lowest BCUT2D eigenvalue weighted by Crippen LogP contribution is -2.47. The molecule has 1 aromatic carbocycles. The molecule has 1 spiro atoms. The van der Waals surface area contributed by atoms with Gasteiger partial charge in [-0.15, -0.1) is 0 Å². The van der Waals surface area contributed by atoms with E-state index in [4.69, 9.17) is 9.47 Å². The number of likely N-dealkylation sites (tertiary alicyclic amines) is 1. The molecule has 2 saturated heterocycles. The number of piperidine rings is 1. The zero-order chi connectivity index (χ0) is 18.7. The number of ether oxygens (including phenoxy) is 2. The topological polar surface area (TPSA) is 71.0 Å². The van der Waals surface area contributed by atoms with Gasteiger partial charge in [0.2, 0.25) is 5.91 Å². The second-order valence-corrected chi connectivity index (χ2v) is 8.09. The summed E-state index contributed by atoms with van der Waals surface area (Å²) in [7, 11) is 0. The Hall–Kier alpha value is -1.63. The van der Waals surface area contributed by atoms with E-state index in [9.17, 15) is 9.90 Å². The van der Waals surface area contributed by atoms with Crippen LogP contribution in [0, 0.1) is 0 Å². The number of carbonyl (C=O) groups is 1. The van der Waals surface area contributed by atoms with Gasteiger partial charge in [-0.1, -0.05) is 12.1 Å².